The second-order valence-electron chi connectivity index (χ2n) is 3.06. The van der Waals surface area contributed by atoms with E-state index in [2.05, 4.69) is 15.1 Å². The van der Waals surface area contributed by atoms with Crippen LogP contribution < -0.4 is 11.3 Å². The lowest BCUT2D eigenvalue weighted by molar-refractivity contribution is 0.860. The van der Waals surface area contributed by atoms with Crippen molar-refractivity contribution in [1.29, 1.82) is 0 Å². The van der Waals surface area contributed by atoms with Gasteiger partial charge in [0.2, 0.25) is 5.78 Å². The van der Waals surface area contributed by atoms with E-state index in [4.69, 9.17) is 5.73 Å². The molecule has 0 amide bonds. The molecule has 2 heterocycles. The second kappa shape index (κ2) is 3.13. The molecule has 0 aliphatic heterocycles. The van der Waals surface area contributed by atoms with Gasteiger partial charge in [0.25, 0.3) is 5.56 Å². The van der Waals surface area contributed by atoms with Gasteiger partial charge < -0.3 is 5.73 Å². The average Bonchev–Trinajstić information content (AvgIpc) is 2.60. The Bertz CT molecular complexity index is 512. The molecule has 0 spiro atoms. The highest BCUT2D eigenvalue weighted by Gasteiger charge is 2.09. The summed E-state index contributed by atoms with van der Waals surface area (Å²) in [6.07, 6.45) is 2.88. The van der Waals surface area contributed by atoms with Crippen LogP contribution in [0.2, 0.25) is 0 Å². The number of nitrogen functional groups attached to an aromatic ring is 1. The van der Waals surface area contributed by atoms with Crippen LogP contribution in [0.5, 0.6) is 0 Å². The van der Waals surface area contributed by atoms with E-state index in [0.29, 0.717) is 23.6 Å². The van der Waals surface area contributed by atoms with Gasteiger partial charge in [-0.1, -0.05) is 13.3 Å². The fraction of sp³-hybridized carbons (Fsp3) is 0.375. The summed E-state index contributed by atoms with van der Waals surface area (Å²) in [6, 6.07) is 0. The first-order valence-electron chi connectivity index (χ1n) is 4.44. The molecule has 0 unspecified atom stereocenters. The third-order valence-electron chi connectivity index (χ3n) is 2.08. The average molecular weight is 193 g/mol. The molecule has 74 valence electrons. The number of anilines is 1. The minimum absolute atomic E-state index is 0.176. The molecule has 14 heavy (non-hydrogen) atoms. The van der Waals surface area contributed by atoms with Crippen LogP contribution in [0, 0.1) is 0 Å². The molecule has 0 aromatic carbocycles. The number of H-pyrrole nitrogens is 1. The third kappa shape index (κ3) is 1.15. The maximum absolute atomic E-state index is 11.5. The molecule has 0 aliphatic rings. The van der Waals surface area contributed by atoms with Crippen LogP contribution in [-0.2, 0) is 6.42 Å². The van der Waals surface area contributed by atoms with Crippen LogP contribution in [-0.4, -0.2) is 19.6 Å². The fourth-order valence-electron chi connectivity index (χ4n) is 1.42. The van der Waals surface area contributed by atoms with Crippen molar-refractivity contribution < 1.29 is 0 Å². The highest BCUT2D eigenvalue weighted by Crippen LogP contribution is 2.08. The second-order valence-corrected chi connectivity index (χ2v) is 3.06. The minimum Gasteiger partial charge on any atom is -0.383 e. The number of hydrogen-bond donors (Lipinski definition) is 2. The minimum atomic E-state index is -0.176. The Morgan fingerprint density at radius 2 is 2.43 bits per heavy atom. The highest BCUT2D eigenvalue weighted by atomic mass is 16.1. The van der Waals surface area contributed by atoms with Gasteiger partial charge in [-0.2, -0.15) is 14.6 Å². The molecule has 0 saturated carbocycles. The van der Waals surface area contributed by atoms with Gasteiger partial charge >= 0.3 is 0 Å². The van der Waals surface area contributed by atoms with Gasteiger partial charge in [-0.15, -0.1) is 0 Å². The van der Waals surface area contributed by atoms with Crippen molar-refractivity contribution in [1.82, 2.24) is 19.6 Å². The number of fused-ring (bicyclic) bond motifs is 1. The number of rotatable bonds is 2. The van der Waals surface area contributed by atoms with Gasteiger partial charge in [0.1, 0.15) is 12.1 Å². The number of hydrogen-bond acceptors (Lipinski definition) is 4. The fourth-order valence-corrected chi connectivity index (χ4v) is 1.42. The van der Waals surface area contributed by atoms with Gasteiger partial charge in [0.15, 0.2) is 0 Å². The first-order valence-corrected chi connectivity index (χ1v) is 4.44. The Hall–Kier alpha value is -1.85. The maximum Gasteiger partial charge on any atom is 0.257 e. The summed E-state index contributed by atoms with van der Waals surface area (Å²) < 4.78 is 1.44. The highest BCUT2D eigenvalue weighted by molar-refractivity contribution is 5.45. The molecule has 0 radical (unpaired) electrons. The van der Waals surface area contributed by atoms with Gasteiger partial charge in [-0.25, -0.2) is 0 Å². The zero-order valence-electron chi connectivity index (χ0n) is 7.82. The predicted molar refractivity (Wildman–Crippen MR) is 52.0 cm³/mol. The van der Waals surface area contributed by atoms with E-state index < -0.39 is 0 Å². The molecule has 0 aliphatic carbocycles. The molecule has 6 heteroatoms. The van der Waals surface area contributed by atoms with Crippen molar-refractivity contribution >= 4 is 11.6 Å². The molecule has 2 aromatic heterocycles. The molecule has 0 atom stereocenters. The Morgan fingerprint density at radius 1 is 1.64 bits per heavy atom. The SMILES string of the molecule is CCCc1c(N)n2ncnc2[nH]c1=O. The molecule has 3 N–H and O–H groups in total. The number of nitrogens with one attached hydrogen (secondary N) is 1. The predicted octanol–water partition coefficient (Wildman–Crippen LogP) is -0.0477. The van der Waals surface area contributed by atoms with Crippen LogP contribution in [0.25, 0.3) is 5.78 Å². The van der Waals surface area contributed by atoms with Gasteiger partial charge in [0, 0.05) is 0 Å². The summed E-state index contributed by atoms with van der Waals surface area (Å²) in [5.41, 5.74) is 6.19. The zero-order chi connectivity index (χ0) is 10.1. The summed E-state index contributed by atoms with van der Waals surface area (Å²) in [5.74, 6) is 0.760. The van der Waals surface area contributed by atoms with Crippen LogP contribution in [0.1, 0.15) is 18.9 Å². The van der Waals surface area contributed by atoms with Crippen molar-refractivity contribution in [3.63, 3.8) is 0 Å². The van der Waals surface area contributed by atoms with Gasteiger partial charge in [-0.3, -0.25) is 9.78 Å². The monoisotopic (exact) mass is 193 g/mol. The molecular formula is C8H11N5O. The van der Waals surface area contributed by atoms with Crippen molar-refractivity contribution in [2.75, 3.05) is 5.73 Å². The maximum atomic E-state index is 11.5. The normalized spacial score (nSPS) is 10.9. The Labute approximate surface area is 79.8 Å². The van der Waals surface area contributed by atoms with E-state index >= 15 is 0 Å². The summed E-state index contributed by atoms with van der Waals surface area (Å²) in [5, 5.41) is 3.91. The van der Waals surface area contributed by atoms with Crippen LogP contribution in [0.15, 0.2) is 11.1 Å². The Balaban J connectivity index is 2.75. The Kier molecular flexibility index (Phi) is 1.95. The topological polar surface area (TPSA) is 89.1 Å². The number of nitrogens with zero attached hydrogens (tertiary/aromatic N) is 3. The molecule has 0 fully saturated rings. The van der Waals surface area contributed by atoms with Crippen molar-refractivity contribution in [3.05, 3.63) is 22.2 Å². The van der Waals surface area contributed by atoms with Crippen molar-refractivity contribution in [3.8, 4) is 0 Å². The molecule has 6 nitrogen and oxygen atoms in total. The summed E-state index contributed by atoms with van der Waals surface area (Å²) in [4.78, 5) is 18.0. The molecule has 0 bridgehead atoms. The van der Waals surface area contributed by atoms with E-state index in [-0.39, 0.29) is 5.56 Å². The standard InChI is InChI=1S/C8H11N5O/c1-2-3-5-6(9)13-8(10-4-11-13)12-7(5)14/h4H,2-3,9H2,1H3,(H,10,11,12,14). The van der Waals surface area contributed by atoms with E-state index in [0.717, 1.165) is 6.42 Å². The molecule has 0 saturated heterocycles. The first kappa shape index (κ1) is 8.74. The van der Waals surface area contributed by atoms with E-state index in [9.17, 15) is 4.79 Å². The number of aromatic nitrogens is 4. The number of nitrogens with two attached hydrogens (primary N) is 1. The van der Waals surface area contributed by atoms with Crippen molar-refractivity contribution in [2.45, 2.75) is 19.8 Å². The van der Waals surface area contributed by atoms with E-state index in [1.54, 1.807) is 0 Å². The third-order valence-corrected chi connectivity index (χ3v) is 2.08. The van der Waals surface area contributed by atoms with Crippen LogP contribution >= 0.6 is 0 Å². The number of aromatic amines is 1. The zero-order valence-corrected chi connectivity index (χ0v) is 7.82. The van der Waals surface area contributed by atoms with E-state index in [1.807, 2.05) is 6.92 Å². The lowest BCUT2D eigenvalue weighted by Crippen LogP contribution is -2.19. The summed E-state index contributed by atoms with van der Waals surface area (Å²) >= 11 is 0. The first-order chi connectivity index (χ1) is 6.74. The largest absolute Gasteiger partial charge is 0.383 e. The Morgan fingerprint density at radius 3 is 3.14 bits per heavy atom. The summed E-state index contributed by atoms with van der Waals surface area (Å²) in [7, 11) is 0. The van der Waals surface area contributed by atoms with Gasteiger partial charge in [0.05, 0.1) is 5.56 Å². The molecule has 2 rings (SSSR count). The summed E-state index contributed by atoms with van der Waals surface area (Å²) in [6.45, 7) is 1.99. The lowest BCUT2D eigenvalue weighted by Gasteiger charge is -2.03. The molecule has 2 aromatic rings. The van der Waals surface area contributed by atoms with Crippen molar-refractivity contribution in [2.24, 2.45) is 0 Å². The lowest BCUT2D eigenvalue weighted by atomic mass is 10.2. The smallest absolute Gasteiger partial charge is 0.257 e. The molecular weight excluding hydrogens is 182 g/mol. The quantitative estimate of drug-likeness (QED) is 0.699. The van der Waals surface area contributed by atoms with Crippen LogP contribution in [0.3, 0.4) is 0 Å². The van der Waals surface area contributed by atoms with Gasteiger partial charge in [-0.05, 0) is 6.42 Å². The van der Waals surface area contributed by atoms with E-state index in [1.165, 1.54) is 10.8 Å². The van der Waals surface area contributed by atoms with Crippen LogP contribution in [0.4, 0.5) is 5.82 Å².